The maximum atomic E-state index is 6.34. The molecule has 1 aliphatic rings. The van der Waals surface area contributed by atoms with E-state index >= 15 is 0 Å². The molecule has 1 aromatic carbocycles. The highest BCUT2D eigenvalue weighted by atomic mass is 35.5. The van der Waals surface area contributed by atoms with Crippen molar-refractivity contribution in [3.63, 3.8) is 0 Å². The number of anilines is 1. The lowest BCUT2D eigenvalue weighted by Crippen LogP contribution is -2.35. The molecule has 1 aromatic rings. The van der Waals surface area contributed by atoms with Crippen molar-refractivity contribution in [1.82, 2.24) is 4.90 Å². The van der Waals surface area contributed by atoms with Gasteiger partial charge in [0.05, 0.1) is 10.7 Å². The van der Waals surface area contributed by atoms with E-state index in [1.165, 1.54) is 25.9 Å². The van der Waals surface area contributed by atoms with Crippen LogP contribution < -0.4 is 4.90 Å². The van der Waals surface area contributed by atoms with E-state index in [4.69, 9.17) is 23.2 Å². The van der Waals surface area contributed by atoms with Crippen molar-refractivity contribution in [3.8, 4) is 0 Å². The topological polar surface area (TPSA) is 6.48 Å². The molecule has 0 bridgehead atoms. The fraction of sp³-hybridized carbons (Fsp3) is 0.600. The van der Waals surface area contributed by atoms with Gasteiger partial charge in [-0.15, -0.1) is 11.6 Å². The normalized spacial score (nSPS) is 17.7. The van der Waals surface area contributed by atoms with Crippen LogP contribution in [0.15, 0.2) is 18.2 Å². The van der Waals surface area contributed by atoms with Crippen molar-refractivity contribution in [3.05, 3.63) is 28.8 Å². The summed E-state index contributed by atoms with van der Waals surface area (Å²) in [7, 11) is 4.32. The lowest BCUT2D eigenvalue weighted by molar-refractivity contribution is 0.222. The fourth-order valence-electron chi connectivity index (χ4n) is 2.67. The van der Waals surface area contributed by atoms with Gasteiger partial charge in [0.1, 0.15) is 0 Å². The fourth-order valence-corrected chi connectivity index (χ4v) is 3.19. The second kappa shape index (κ2) is 6.83. The number of hydrogen-bond acceptors (Lipinski definition) is 2. The minimum absolute atomic E-state index is 0.513. The van der Waals surface area contributed by atoms with E-state index < -0.39 is 0 Å². The number of alkyl halides is 1. The van der Waals surface area contributed by atoms with Gasteiger partial charge in [0.15, 0.2) is 0 Å². The lowest BCUT2D eigenvalue weighted by Gasteiger charge is -2.32. The Morgan fingerprint density at radius 2 is 2.00 bits per heavy atom. The molecule has 1 heterocycles. The van der Waals surface area contributed by atoms with Gasteiger partial charge < -0.3 is 9.80 Å². The van der Waals surface area contributed by atoms with Gasteiger partial charge in [-0.2, -0.15) is 0 Å². The molecule has 0 amide bonds. The molecule has 0 unspecified atom stereocenters. The van der Waals surface area contributed by atoms with Gasteiger partial charge in [0, 0.05) is 19.5 Å². The molecule has 0 spiro atoms. The van der Waals surface area contributed by atoms with Crippen molar-refractivity contribution < 1.29 is 0 Å². The Labute approximate surface area is 126 Å². The van der Waals surface area contributed by atoms with Gasteiger partial charge in [-0.25, -0.2) is 0 Å². The van der Waals surface area contributed by atoms with E-state index in [-0.39, 0.29) is 0 Å². The van der Waals surface area contributed by atoms with Crippen LogP contribution in [0.25, 0.3) is 0 Å². The van der Waals surface area contributed by atoms with E-state index in [0.717, 1.165) is 28.7 Å². The Morgan fingerprint density at radius 3 is 2.58 bits per heavy atom. The van der Waals surface area contributed by atoms with Crippen LogP contribution in [0.3, 0.4) is 0 Å². The summed E-state index contributed by atoms with van der Waals surface area (Å²) in [6.07, 6.45) is 2.55. The van der Waals surface area contributed by atoms with E-state index in [9.17, 15) is 0 Å². The van der Waals surface area contributed by atoms with Crippen LogP contribution in [0.1, 0.15) is 18.4 Å². The van der Waals surface area contributed by atoms with Crippen LogP contribution in [-0.2, 0) is 5.88 Å². The average Bonchev–Trinajstić information content (AvgIpc) is 2.41. The smallest absolute Gasteiger partial charge is 0.0642 e. The molecule has 1 aliphatic heterocycles. The predicted molar refractivity (Wildman–Crippen MR) is 84.5 cm³/mol. The van der Waals surface area contributed by atoms with Gasteiger partial charge in [0.2, 0.25) is 0 Å². The number of piperidine rings is 1. The minimum Gasteiger partial charge on any atom is -0.373 e. The second-order valence-corrected chi connectivity index (χ2v) is 6.22. The second-order valence-electron chi connectivity index (χ2n) is 5.55. The first kappa shape index (κ1) is 15.0. The van der Waals surface area contributed by atoms with E-state index in [2.05, 4.69) is 36.0 Å². The van der Waals surface area contributed by atoms with Crippen molar-refractivity contribution in [2.24, 2.45) is 5.92 Å². The van der Waals surface area contributed by atoms with Gasteiger partial charge in [-0.3, -0.25) is 0 Å². The first-order valence-electron chi connectivity index (χ1n) is 6.84. The highest BCUT2D eigenvalue weighted by Gasteiger charge is 2.19. The monoisotopic (exact) mass is 300 g/mol. The molecule has 0 saturated carbocycles. The molecule has 106 valence electrons. The largest absolute Gasteiger partial charge is 0.373 e. The Bertz CT molecular complexity index is 415. The third-order valence-electron chi connectivity index (χ3n) is 3.95. The van der Waals surface area contributed by atoms with E-state index in [1.807, 2.05) is 6.07 Å². The number of likely N-dealkylation sites (tertiary alicyclic amines) is 1. The summed E-state index contributed by atoms with van der Waals surface area (Å²) >= 11 is 12.2. The zero-order valence-electron chi connectivity index (χ0n) is 11.7. The molecule has 0 aliphatic carbocycles. The molecule has 0 radical (unpaired) electrons. The Kier molecular flexibility index (Phi) is 5.37. The Hall–Kier alpha value is -0.440. The predicted octanol–water partition coefficient (Wildman–Crippen LogP) is 3.86. The molecular formula is C15H22Cl2N2. The van der Waals surface area contributed by atoms with Crippen LogP contribution in [-0.4, -0.2) is 38.6 Å². The van der Waals surface area contributed by atoms with Gasteiger partial charge in [-0.1, -0.05) is 17.7 Å². The van der Waals surface area contributed by atoms with E-state index in [0.29, 0.717) is 5.88 Å². The molecule has 1 fully saturated rings. The number of halogens is 2. The summed E-state index contributed by atoms with van der Waals surface area (Å²) in [5.74, 6) is 1.28. The van der Waals surface area contributed by atoms with Crippen molar-refractivity contribution in [2.45, 2.75) is 18.7 Å². The molecular weight excluding hydrogens is 279 g/mol. The minimum atomic E-state index is 0.513. The third-order valence-corrected chi connectivity index (χ3v) is 4.56. The number of benzene rings is 1. The summed E-state index contributed by atoms with van der Waals surface area (Å²) in [5, 5.41) is 0.800. The first-order valence-corrected chi connectivity index (χ1v) is 7.75. The molecule has 0 atom stereocenters. The van der Waals surface area contributed by atoms with Crippen LogP contribution >= 0.6 is 23.2 Å². The maximum absolute atomic E-state index is 6.34. The zero-order valence-corrected chi connectivity index (χ0v) is 13.2. The molecule has 1 saturated heterocycles. The Morgan fingerprint density at radius 1 is 1.32 bits per heavy atom. The maximum Gasteiger partial charge on any atom is 0.0642 e. The summed E-state index contributed by atoms with van der Waals surface area (Å²) < 4.78 is 0. The number of hydrogen-bond donors (Lipinski definition) is 0. The third kappa shape index (κ3) is 4.01. The van der Waals surface area contributed by atoms with Gasteiger partial charge >= 0.3 is 0 Å². The van der Waals surface area contributed by atoms with Crippen LogP contribution in [0.2, 0.25) is 5.02 Å². The molecule has 4 heteroatoms. The van der Waals surface area contributed by atoms with Crippen LogP contribution in [0, 0.1) is 5.92 Å². The molecule has 2 nitrogen and oxygen atoms in total. The number of nitrogens with zero attached hydrogens (tertiary/aromatic N) is 2. The molecule has 0 N–H and O–H groups in total. The summed E-state index contributed by atoms with van der Waals surface area (Å²) in [5.41, 5.74) is 2.18. The quantitative estimate of drug-likeness (QED) is 0.779. The standard InChI is InChI=1S/C15H22Cl2N2/c1-18-7-5-12(6-8-18)11-19(2)15-4-3-13(10-16)9-14(15)17/h3-4,9,12H,5-8,10-11H2,1-2H3. The SMILES string of the molecule is CN1CCC(CN(C)c2ccc(CCl)cc2Cl)CC1. The van der Waals surface area contributed by atoms with Crippen LogP contribution in [0.5, 0.6) is 0 Å². The first-order chi connectivity index (χ1) is 9.10. The lowest BCUT2D eigenvalue weighted by atomic mass is 9.96. The van der Waals surface area contributed by atoms with Crippen molar-refractivity contribution in [2.75, 3.05) is 38.6 Å². The van der Waals surface area contributed by atoms with Crippen LogP contribution in [0.4, 0.5) is 5.69 Å². The summed E-state index contributed by atoms with van der Waals surface area (Å²) in [4.78, 5) is 4.68. The molecule has 0 aromatic heterocycles. The average molecular weight is 301 g/mol. The number of rotatable bonds is 4. The highest BCUT2D eigenvalue weighted by molar-refractivity contribution is 6.33. The van der Waals surface area contributed by atoms with Crippen molar-refractivity contribution >= 4 is 28.9 Å². The summed E-state index contributed by atoms with van der Waals surface area (Å²) in [6.45, 7) is 3.49. The zero-order chi connectivity index (χ0) is 13.8. The highest BCUT2D eigenvalue weighted by Crippen LogP contribution is 2.28. The molecule has 2 rings (SSSR count). The Balaban J connectivity index is 1.97. The van der Waals surface area contributed by atoms with E-state index in [1.54, 1.807) is 0 Å². The molecule has 19 heavy (non-hydrogen) atoms. The van der Waals surface area contributed by atoms with Gasteiger partial charge in [0.25, 0.3) is 0 Å². The summed E-state index contributed by atoms with van der Waals surface area (Å²) in [6, 6.07) is 6.10. The van der Waals surface area contributed by atoms with Gasteiger partial charge in [-0.05, 0) is 56.6 Å². The van der Waals surface area contributed by atoms with Crippen molar-refractivity contribution in [1.29, 1.82) is 0 Å².